The van der Waals surface area contributed by atoms with Gasteiger partial charge in [0.2, 0.25) is 0 Å². The van der Waals surface area contributed by atoms with Crippen LogP contribution in [0.5, 0.6) is 0 Å². The summed E-state index contributed by atoms with van der Waals surface area (Å²) < 4.78 is 1.80. The van der Waals surface area contributed by atoms with Crippen LogP contribution in [-0.4, -0.2) is 52.0 Å². The second-order valence-corrected chi connectivity index (χ2v) is 6.35. The molecule has 0 radical (unpaired) electrons. The molecule has 0 spiro atoms. The second-order valence-electron chi connectivity index (χ2n) is 6.35. The molecular weight excluding hydrogens is 242 g/mol. The van der Waals surface area contributed by atoms with Crippen LogP contribution in [-0.2, 0) is 0 Å². The van der Waals surface area contributed by atoms with Crippen LogP contribution in [0.2, 0.25) is 0 Å². The molecule has 3 rings (SSSR count). The molecule has 0 unspecified atom stereocenters. The van der Waals surface area contributed by atoms with E-state index in [1.165, 1.54) is 0 Å². The smallest absolute Gasteiger partial charge is 0.276 e. The largest absolute Gasteiger partial charge is 0.337 e. The minimum absolute atomic E-state index is 0.0223. The normalized spacial score (nSPS) is 23.2. The van der Waals surface area contributed by atoms with Gasteiger partial charge in [-0.1, -0.05) is 19.1 Å². The zero-order valence-electron chi connectivity index (χ0n) is 11.6. The van der Waals surface area contributed by atoms with E-state index in [2.05, 4.69) is 29.5 Å². The number of hydrogen-bond acceptors (Lipinski definition) is 4. The lowest BCUT2D eigenvalue weighted by Crippen LogP contribution is -2.43. The van der Waals surface area contributed by atoms with E-state index in [1.807, 2.05) is 4.90 Å². The van der Waals surface area contributed by atoms with Gasteiger partial charge in [-0.15, -0.1) is 5.10 Å². The molecule has 2 aliphatic rings. The van der Waals surface area contributed by atoms with E-state index in [4.69, 9.17) is 0 Å². The Labute approximate surface area is 113 Å². The van der Waals surface area contributed by atoms with Crippen LogP contribution >= 0.6 is 0 Å². The third-order valence-corrected chi connectivity index (χ3v) is 4.27. The van der Waals surface area contributed by atoms with Gasteiger partial charge in [0.1, 0.15) is 0 Å². The predicted molar refractivity (Wildman–Crippen MR) is 70.8 cm³/mol. The Kier molecular flexibility index (Phi) is 3.05. The zero-order chi connectivity index (χ0) is 13.5. The highest BCUT2D eigenvalue weighted by atomic mass is 16.2. The first-order valence-electron chi connectivity index (χ1n) is 6.97. The Morgan fingerprint density at radius 1 is 1.37 bits per heavy atom. The standard InChI is InChI=1S/C13H21N5O/c1-13(2)3-5-17(6-4-13)12(19)11-9-18(16-15-11)10-7-14-8-10/h9-10,14H,3-8H2,1-2H3. The Morgan fingerprint density at radius 3 is 2.63 bits per heavy atom. The summed E-state index contributed by atoms with van der Waals surface area (Å²) in [4.78, 5) is 14.2. The van der Waals surface area contributed by atoms with Gasteiger partial charge >= 0.3 is 0 Å². The third kappa shape index (κ3) is 2.49. The maximum atomic E-state index is 12.3. The summed E-state index contributed by atoms with van der Waals surface area (Å²) in [5, 5.41) is 11.3. The lowest BCUT2D eigenvalue weighted by molar-refractivity contribution is 0.0624. The van der Waals surface area contributed by atoms with Gasteiger partial charge in [0.05, 0.1) is 12.2 Å². The number of hydrogen-bond donors (Lipinski definition) is 1. The number of nitrogens with one attached hydrogen (secondary N) is 1. The van der Waals surface area contributed by atoms with Gasteiger partial charge in [-0.25, -0.2) is 4.68 Å². The Balaban J connectivity index is 1.65. The minimum atomic E-state index is 0.0223. The van der Waals surface area contributed by atoms with Gasteiger partial charge in [0.15, 0.2) is 5.69 Å². The van der Waals surface area contributed by atoms with Crippen LogP contribution in [0.25, 0.3) is 0 Å². The maximum Gasteiger partial charge on any atom is 0.276 e. The molecule has 6 heteroatoms. The van der Waals surface area contributed by atoms with E-state index in [9.17, 15) is 4.79 Å². The number of carbonyl (C=O) groups excluding carboxylic acids is 1. The van der Waals surface area contributed by atoms with Crippen LogP contribution in [0.3, 0.4) is 0 Å². The van der Waals surface area contributed by atoms with Crippen LogP contribution in [0.1, 0.15) is 43.2 Å². The molecule has 1 N–H and O–H groups in total. The summed E-state index contributed by atoms with van der Waals surface area (Å²) in [5.41, 5.74) is 0.832. The fourth-order valence-electron chi connectivity index (χ4n) is 2.49. The summed E-state index contributed by atoms with van der Waals surface area (Å²) in [6.07, 6.45) is 3.90. The monoisotopic (exact) mass is 263 g/mol. The number of carbonyl (C=O) groups is 1. The summed E-state index contributed by atoms with van der Waals surface area (Å²) in [7, 11) is 0. The Hall–Kier alpha value is -1.43. The van der Waals surface area contributed by atoms with Crippen molar-refractivity contribution in [1.82, 2.24) is 25.2 Å². The fourth-order valence-corrected chi connectivity index (χ4v) is 2.49. The summed E-state index contributed by atoms with van der Waals surface area (Å²) in [6, 6.07) is 0.356. The molecule has 1 aromatic heterocycles. The van der Waals surface area contributed by atoms with E-state index in [-0.39, 0.29) is 5.91 Å². The van der Waals surface area contributed by atoms with Crippen molar-refractivity contribution < 1.29 is 4.79 Å². The van der Waals surface area contributed by atoms with E-state index in [1.54, 1.807) is 10.9 Å². The van der Waals surface area contributed by atoms with Gasteiger partial charge in [0, 0.05) is 26.2 Å². The summed E-state index contributed by atoms with van der Waals surface area (Å²) in [6.45, 7) is 7.99. The highest BCUT2D eigenvalue weighted by Crippen LogP contribution is 2.30. The van der Waals surface area contributed by atoms with Crippen molar-refractivity contribution in [2.24, 2.45) is 5.41 Å². The number of rotatable bonds is 2. The third-order valence-electron chi connectivity index (χ3n) is 4.27. The van der Waals surface area contributed by atoms with E-state index < -0.39 is 0 Å². The molecule has 0 aliphatic carbocycles. The summed E-state index contributed by atoms with van der Waals surface area (Å²) >= 11 is 0. The average molecular weight is 263 g/mol. The van der Waals surface area contributed by atoms with Crippen molar-refractivity contribution in [1.29, 1.82) is 0 Å². The molecule has 2 fully saturated rings. The molecule has 19 heavy (non-hydrogen) atoms. The van der Waals surface area contributed by atoms with E-state index in [0.29, 0.717) is 17.2 Å². The minimum Gasteiger partial charge on any atom is -0.337 e. The SMILES string of the molecule is CC1(C)CCN(C(=O)c2cn(C3CNC3)nn2)CC1. The Bertz CT molecular complexity index is 467. The first kappa shape index (κ1) is 12.6. The molecule has 1 amide bonds. The number of aromatic nitrogens is 3. The van der Waals surface area contributed by atoms with Gasteiger partial charge in [-0.3, -0.25) is 4.79 Å². The van der Waals surface area contributed by atoms with Crippen LogP contribution in [0.15, 0.2) is 6.20 Å². The van der Waals surface area contributed by atoms with Crippen LogP contribution in [0, 0.1) is 5.41 Å². The highest BCUT2D eigenvalue weighted by Gasteiger charge is 2.30. The van der Waals surface area contributed by atoms with Gasteiger partial charge < -0.3 is 10.2 Å². The maximum absolute atomic E-state index is 12.3. The fraction of sp³-hybridized carbons (Fsp3) is 0.769. The van der Waals surface area contributed by atoms with Crippen LogP contribution < -0.4 is 5.32 Å². The van der Waals surface area contributed by atoms with Gasteiger partial charge in [-0.05, 0) is 18.3 Å². The first-order valence-corrected chi connectivity index (χ1v) is 6.97. The van der Waals surface area contributed by atoms with Crippen molar-refractivity contribution in [3.8, 4) is 0 Å². The topological polar surface area (TPSA) is 63.1 Å². The molecular formula is C13H21N5O. The molecule has 2 saturated heterocycles. The summed E-state index contributed by atoms with van der Waals surface area (Å²) in [5.74, 6) is 0.0223. The van der Waals surface area contributed by atoms with Crippen LogP contribution in [0.4, 0.5) is 0 Å². The second kappa shape index (κ2) is 4.59. The van der Waals surface area contributed by atoms with Gasteiger partial charge in [0.25, 0.3) is 5.91 Å². The predicted octanol–water partition coefficient (Wildman–Crippen LogP) is 0.685. The van der Waals surface area contributed by atoms with E-state index >= 15 is 0 Å². The first-order chi connectivity index (χ1) is 9.05. The molecule has 2 aliphatic heterocycles. The highest BCUT2D eigenvalue weighted by molar-refractivity contribution is 5.92. The van der Waals surface area contributed by atoms with Crippen molar-refractivity contribution in [2.45, 2.75) is 32.7 Å². The van der Waals surface area contributed by atoms with Crippen molar-refractivity contribution in [3.05, 3.63) is 11.9 Å². The molecule has 3 heterocycles. The quantitative estimate of drug-likeness (QED) is 0.852. The molecule has 104 valence electrons. The molecule has 0 bridgehead atoms. The number of amides is 1. The van der Waals surface area contributed by atoms with Crippen molar-refractivity contribution in [2.75, 3.05) is 26.2 Å². The van der Waals surface area contributed by atoms with E-state index in [0.717, 1.165) is 39.0 Å². The van der Waals surface area contributed by atoms with Crippen molar-refractivity contribution in [3.63, 3.8) is 0 Å². The molecule has 0 atom stereocenters. The lowest BCUT2D eigenvalue weighted by Gasteiger charge is -2.36. The zero-order valence-corrected chi connectivity index (χ0v) is 11.6. The number of nitrogens with zero attached hydrogens (tertiary/aromatic N) is 4. The average Bonchev–Trinajstić information content (AvgIpc) is 2.75. The number of likely N-dealkylation sites (tertiary alicyclic amines) is 1. The molecule has 6 nitrogen and oxygen atoms in total. The van der Waals surface area contributed by atoms with Gasteiger partial charge in [-0.2, -0.15) is 0 Å². The Morgan fingerprint density at radius 2 is 2.05 bits per heavy atom. The lowest BCUT2D eigenvalue weighted by atomic mass is 9.82. The number of piperidine rings is 1. The van der Waals surface area contributed by atoms with Crippen molar-refractivity contribution >= 4 is 5.91 Å². The molecule has 0 saturated carbocycles. The molecule has 1 aromatic rings. The molecule has 0 aromatic carbocycles.